The van der Waals surface area contributed by atoms with E-state index in [-0.39, 0.29) is 5.56 Å². The van der Waals surface area contributed by atoms with Crippen LogP contribution in [0.25, 0.3) is 0 Å². The molecule has 2 nitrogen and oxygen atoms in total. The van der Waals surface area contributed by atoms with Crippen LogP contribution >= 0.6 is 0 Å². The molecule has 0 aromatic heterocycles. The van der Waals surface area contributed by atoms with E-state index >= 15 is 0 Å². The van der Waals surface area contributed by atoms with Gasteiger partial charge in [0.15, 0.2) is 0 Å². The number of rotatable bonds is 1. The molecular weight excluding hydrogens is 144 g/mol. The van der Waals surface area contributed by atoms with Crippen LogP contribution in [0.4, 0.5) is 4.39 Å². The number of nitriles is 1. The third-order valence-electron chi connectivity index (χ3n) is 1.26. The van der Waals surface area contributed by atoms with Gasteiger partial charge in [-0.15, -0.1) is 0 Å². The minimum absolute atomic E-state index is 0.0180. The number of nitrogens with zero attached hydrogens (tertiary/aromatic N) is 1. The van der Waals surface area contributed by atoms with Crippen molar-refractivity contribution in [1.82, 2.24) is 0 Å². The summed E-state index contributed by atoms with van der Waals surface area (Å²) in [6.07, 6.45) is 0. The molecule has 0 amide bonds. The first kappa shape index (κ1) is 7.77. The van der Waals surface area contributed by atoms with Crippen LogP contribution in [0, 0.1) is 17.1 Å². The maximum absolute atomic E-state index is 12.7. The van der Waals surface area contributed by atoms with E-state index in [9.17, 15) is 4.39 Å². The molecule has 0 saturated heterocycles. The van der Waals surface area contributed by atoms with E-state index in [0.29, 0.717) is 5.46 Å². The maximum Gasteiger partial charge on any atom is 0.326 e. The molecule has 1 aromatic rings. The lowest BCUT2D eigenvalue weighted by Gasteiger charge is -1.94. The smallest absolute Gasteiger partial charge is 0.326 e. The van der Waals surface area contributed by atoms with Crippen LogP contribution in [-0.2, 0) is 0 Å². The van der Waals surface area contributed by atoms with Crippen LogP contribution < -0.4 is 5.46 Å². The molecule has 0 aliphatic carbocycles. The first-order valence-corrected chi connectivity index (χ1v) is 2.95. The molecule has 1 aromatic carbocycles. The van der Waals surface area contributed by atoms with Crippen molar-refractivity contribution >= 4 is 12.9 Å². The molecule has 0 saturated carbocycles. The summed E-state index contributed by atoms with van der Waals surface area (Å²) in [5.41, 5.74) is 0.331. The minimum atomic E-state index is -0.615. The number of benzene rings is 1. The van der Waals surface area contributed by atoms with Crippen molar-refractivity contribution in [3.63, 3.8) is 0 Å². The van der Waals surface area contributed by atoms with Gasteiger partial charge in [-0.3, -0.25) is 0 Å². The molecule has 1 N–H and O–H groups in total. The highest BCUT2D eigenvalue weighted by atomic mass is 19.1. The summed E-state index contributed by atoms with van der Waals surface area (Å²) in [7, 11) is 0.782. The molecule has 0 atom stereocenters. The molecule has 53 valence electrons. The largest absolute Gasteiger partial charge is 0.450 e. The Morgan fingerprint density at radius 3 is 2.73 bits per heavy atom. The minimum Gasteiger partial charge on any atom is -0.450 e. The van der Waals surface area contributed by atoms with E-state index in [0.717, 1.165) is 13.5 Å². The number of halogens is 1. The predicted octanol–water partition coefficient (Wildman–Crippen LogP) is -0.0658. The molecule has 1 radical (unpaired) electrons. The zero-order valence-electron chi connectivity index (χ0n) is 5.58. The average molecular weight is 148 g/mol. The Balaban J connectivity index is 3.12. The lowest BCUT2D eigenvalue weighted by molar-refractivity contribution is 0.610. The standard InChI is InChI=1S/C7H4BFNO/c9-7-3-6(8-11)2-1-5(7)4-10/h1-3,11H. The molecular formula is C7H4BFNO. The average Bonchev–Trinajstić information content (AvgIpc) is 2.04. The topological polar surface area (TPSA) is 44.0 Å². The highest BCUT2D eigenvalue weighted by molar-refractivity contribution is 6.45. The van der Waals surface area contributed by atoms with Crippen molar-refractivity contribution in [2.45, 2.75) is 0 Å². The van der Waals surface area contributed by atoms with E-state index in [2.05, 4.69) is 0 Å². The monoisotopic (exact) mass is 148 g/mol. The van der Waals surface area contributed by atoms with E-state index in [4.69, 9.17) is 10.3 Å². The van der Waals surface area contributed by atoms with Gasteiger partial charge in [-0.1, -0.05) is 11.5 Å². The molecule has 0 aliphatic heterocycles. The van der Waals surface area contributed by atoms with E-state index in [1.165, 1.54) is 12.1 Å². The summed E-state index contributed by atoms with van der Waals surface area (Å²) >= 11 is 0. The molecule has 4 heteroatoms. The molecule has 1 rings (SSSR count). The van der Waals surface area contributed by atoms with Gasteiger partial charge in [0, 0.05) is 0 Å². The van der Waals surface area contributed by atoms with Gasteiger partial charge in [0.2, 0.25) is 0 Å². The fourth-order valence-corrected chi connectivity index (χ4v) is 0.702. The summed E-state index contributed by atoms with van der Waals surface area (Å²) in [5.74, 6) is -0.615. The van der Waals surface area contributed by atoms with Crippen LogP contribution in [0.5, 0.6) is 0 Å². The van der Waals surface area contributed by atoms with Gasteiger partial charge in [-0.2, -0.15) is 5.26 Å². The van der Waals surface area contributed by atoms with Crippen LogP contribution in [0.15, 0.2) is 18.2 Å². The molecule has 0 heterocycles. The Bertz CT molecular complexity index is 308. The fourth-order valence-electron chi connectivity index (χ4n) is 0.702. The SMILES string of the molecule is N#Cc1ccc([B]O)cc1F. The van der Waals surface area contributed by atoms with Gasteiger partial charge in [0.05, 0.1) is 5.56 Å². The second-order valence-corrected chi connectivity index (χ2v) is 1.98. The lowest BCUT2D eigenvalue weighted by Crippen LogP contribution is -2.13. The van der Waals surface area contributed by atoms with Gasteiger partial charge in [-0.05, 0) is 12.1 Å². The zero-order valence-corrected chi connectivity index (χ0v) is 5.58. The predicted molar refractivity (Wildman–Crippen MR) is 38.7 cm³/mol. The van der Waals surface area contributed by atoms with Crippen molar-refractivity contribution < 1.29 is 9.41 Å². The van der Waals surface area contributed by atoms with Crippen LogP contribution in [0.2, 0.25) is 0 Å². The Labute approximate surface area is 64.2 Å². The van der Waals surface area contributed by atoms with Crippen molar-refractivity contribution in [3.8, 4) is 6.07 Å². The van der Waals surface area contributed by atoms with Gasteiger partial charge < -0.3 is 5.02 Å². The number of hydrogen-bond donors (Lipinski definition) is 1. The fraction of sp³-hybridized carbons (Fsp3) is 0. The Kier molecular flexibility index (Phi) is 2.24. The zero-order chi connectivity index (χ0) is 8.27. The highest BCUT2D eigenvalue weighted by Gasteiger charge is 2.01. The quantitative estimate of drug-likeness (QED) is 0.566. The Morgan fingerprint density at radius 2 is 2.27 bits per heavy atom. The second kappa shape index (κ2) is 3.17. The lowest BCUT2D eigenvalue weighted by atomic mass is 9.88. The van der Waals surface area contributed by atoms with Gasteiger partial charge >= 0.3 is 7.48 Å². The molecule has 0 spiro atoms. The molecule has 0 fully saturated rings. The van der Waals surface area contributed by atoms with Crippen molar-refractivity contribution in [3.05, 3.63) is 29.6 Å². The summed E-state index contributed by atoms with van der Waals surface area (Å²) in [6.45, 7) is 0. The maximum atomic E-state index is 12.7. The summed E-state index contributed by atoms with van der Waals surface area (Å²) in [4.78, 5) is 0. The molecule has 0 bridgehead atoms. The van der Waals surface area contributed by atoms with Crippen molar-refractivity contribution in [2.75, 3.05) is 0 Å². The first-order chi connectivity index (χ1) is 5.27. The summed E-state index contributed by atoms with van der Waals surface area (Å²) in [5, 5.41) is 16.8. The Hall–Kier alpha value is -1.34. The normalized spacial score (nSPS) is 8.82. The molecule has 0 aliphatic rings. The van der Waals surface area contributed by atoms with E-state index in [1.807, 2.05) is 0 Å². The van der Waals surface area contributed by atoms with Crippen LogP contribution in [0.1, 0.15) is 5.56 Å². The van der Waals surface area contributed by atoms with Crippen LogP contribution in [-0.4, -0.2) is 12.5 Å². The third-order valence-corrected chi connectivity index (χ3v) is 1.26. The number of hydrogen-bond acceptors (Lipinski definition) is 2. The van der Waals surface area contributed by atoms with Gasteiger partial charge in [0.1, 0.15) is 11.9 Å². The summed E-state index contributed by atoms with van der Waals surface area (Å²) in [6, 6.07) is 5.55. The summed E-state index contributed by atoms with van der Waals surface area (Å²) < 4.78 is 12.7. The van der Waals surface area contributed by atoms with Gasteiger partial charge in [0.25, 0.3) is 0 Å². The van der Waals surface area contributed by atoms with Crippen molar-refractivity contribution in [2.24, 2.45) is 0 Å². The second-order valence-electron chi connectivity index (χ2n) is 1.98. The third kappa shape index (κ3) is 1.57. The van der Waals surface area contributed by atoms with E-state index < -0.39 is 5.82 Å². The highest BCUT2D eigenvalue weighted by Crippen LogP contribution is 2.01. The Morgan fingerprint density at radius 1 is 1.55 bits per heavy atom. The first-order valence-electron chi connectivity index (χ1n) is 2.95. The molecule has 11 heavy (non-hydrogen) atoms. The van der Waals surface area contributed by atoms with Gasteiger partial charge in [-0.25, -0.2) is 4.39 Å². The molecule has 0 unspecified atom stereocenters. The van der Waals surface area contributed by atoms with Crippen molar-refractivity contribution in [1.29, 1.82) is 5.26 Å². The van der Waals surface area contributed by atoms with E-state index in [1.54, 1.807) is 6.07 Å². The van der Waals surface area contributed by atoms with Crippen LogP contribution in [0.3, 0.4) is 0 Å².